The number of carbonyl (C=O) groups excluding carboxylic acids is 1. The van der Waals surface area contributed by atoms with E-state index in [-0.39, 0.29) is 11.3 Å². The van der Waals surface area contributed by atoms with Gasteiger partial charge in [0.25, 0.3) is 12.1 Å². The molecule has 2 aromatic rings. The second-order valence-electron chi connectivity index (χ2n) is 4.36. The molecule has 0 saturated carbocycles. The van der Waals surface area contributed by atoms with Crippen LogP contribution in [0.15, 0.2) is 35.6 Å². The number of nitrogens with zero attached hydrogens (tertiary/aromatic N) is 4. The molecule has 0 bridgehead atoms. The highest BCUT2D eigenvalue weighted by Gasteiger charge is 2.23. The summed E-state index contributed by atoms with van der Waals surface area (Å²) in [4.78, 5) is 26.2. The van der Waals surface area contributed by atoms with Crippen molar-refractivity contribution in [2.75, 3.05) is 0 Å². The number of non-ortho nitro benzene ring substituents is 1. The van der Waals surface area contributed by atoms with Gasteiger partial charge in [-0.15, -0.1) is 0 Å². The predicted molar refractivity (Wildman–Crippen MR) is 74.3 cm³/mol. The number of rotatable bonds is 5. The monoisotopic (exact) mass is 324 g/mol. The number of hydrogen-bond donors (Lipinski definition) is 0. The molecule has 0 spiro atoms. The third-order valence-corrected chi connectivity index (χ3v) is 2.73. The van der Waals surface area contributed by atoms with Crippen LogP contribution in [-0.2, 0) is 11.9 Å². The van der Waals surface area contributed by atoms with Crippen molar-refractivity contribution in [2.45, 2.75) is 6.43 Å². The van der Waals surface area contributed by atoms with Crippen LogP contribution in [0, 0.1) is 10.1 Å². The van der Waals surface area contributed by atoms with Crippen LogP contribution in [-0.4, -0.2) is 26.9 Å². The van der Waals surface area contributed by atoms with Crippen LogP contribution in [0.5, 0.6) is 0 Å². The molecule has 1 aromatic heterocycles. The number of benzene rings is 1. The van der Waals surface area contributed by atoms with E-state index in [1.165, 1.54) is 31.3 Å². The molecule has 1 heterocycles. The number of halogens is 2. The number of nitro benzene ring substituents is 1. The van der Waals surface area contributed by atoms with E-state index in [2.05, 4.69) is 15.1 Å². The molecule has 0 radical (unpaired) electrons. The largest absolute Gasteiger partial charge is 0.369 e. The van der Waals surface area contributed by atoms with Gasteiger partial charge in [0.05, 0.1) is 11.1 Å². The molecular weight excluding hydrogens is 314 g/mol. The second-order valence-corrected chi connectivity index (χ2v) is 4.36. The van der Waals surface area contributed by atoms with Gasteiger partial charge in [-0.3, -0.25) is 14.8 Å². The van der Waals surface area contributed by atoms with E-state index in [0.717, 1.165) is 17.1 Å². The van der Waals surface area contributed by atoms with Crippen LogP contribution >= 0.6 is 0 Å². The van der Waals surface area contributed by atoms with Gasteiger partial charge in [0.15, 0.2) is 0 Å². The third-order valence-electron chi connectivity index (χ3n) is 2.73. The lowest BCUT2D eigenvalue weighted by molar-refractivity contribution is -0.384. The van der Waals surface area contributed by atoms with Crippen molar-refractivity contribution in [1.82, 2.24) is 9.78 Å². The van der Waals surface area contributed by atoms with Crippen molar-refractivity contribution < 1.29 is 23.3 Å². The van der Waals surface area contributed by atoms with Gasteiger partial charge >= 0.3 is 5.97 Å². The first-order chi connectivity index (χ1) is 10.9. The predicted octanol–water partition coefficient (Wildman–Crippen LogP) is 2.46. The summed E-state index contributed by atoms with van der Waals surface area (Å²) >= 11 is 0. The normalized spacial score (nSPS) is 11.1. The molecule has 0 aliphatic rings. The Hall–Kier alpha value is -3.17. The molecule has 23 heavy (non-hydrogen) atoms. The minimum atomic E-state index is -2.92. The molecule has 120 valence electrons. The Bertz CT molecular complexity index is 756. The van der Waals surface area contributed by atoms with E-state index in [9.17, 15) is 23.7 Å². The van der Waals surface area contributed by atoms with Crippen LogP contribution in [0.25, 0.3) is 0 Å². The summed E-state index contributed by atoms with van der Waals surface area (Å²) in [6.45, 7) is 0. The number of alkyl halides is 2. The fraction of sp³-hybridized carbons (Fsp3) is 0.154. The lowest BCUT2D eigenvalue weighted by Gasteiger charge is -1.98. The van der Waals surface area contributed by atoms with Crippen molar-refractivity contribution >= 4 is 17.9 Å². The molecule has 0 fully saturated rings. The highest BCUT2D eigenvalue weighted by atomic mass is 19.3. The Kier molecular flexibility index (Phi) is 4.74. The fourth-order valence-electron chi connectivity index (χ4n) is 1.69. The van der Waals surface area contributed by atoms with Gasteiger partial charge in [0.1, 0.15) is 11.3 Å². The molecule has 0 N–H and O–H groups in total. The first-order valence-corrected chi connectivity index (χ1v) is 6.19. The van der Waals surface area contributed by atoms with E-state index >= 15 is 0 Å². The van der Waals surface area contributed by atoms with Gasteiger partial charge in [-0.2, -0.15) is 5.10 Å². The van der Waals surface area contributed by atoms with Gasteiger partial charge in [-0.25, -0.2) is 13.6 Å². The molecule has 1 aromatic carbocycles. The summed E-state index contributed by atoms with van der Waals surface area (Å²) in [6, 6.07) is 5.28. The van der Waals surface area contributed by atoms with Crippen LogP contribution in [0.3, 0.4) is 0 Å². The van der Waals surface area contributed by atoms with Crippen molar-refractivity contribution in [3.8, 4) is 0 Å². The quantitative estimate of drug-likeness (QED) is 0.364. The summed E-state index contributed by atoms with van der Waals surface area (Å²) in [5, 5.41) is 17.3. The summed E-state index contributed by atoms with van der Waals surface area (Å²) in [6.07, 6.45) is -0.692. The van der Waals surface area contributed by atoms with Crippen molar-refractivity contribution in [1.29, 1.82) is 0 Å². The first kappa shape index (κ1) is 16.2. The van der Waals surface area contributed by atoms with Gasteiger partial charge in [0, 0.05) is 25.4 Å². The molecule has 0 aliphatic heterocycles. The molecule has 10 heteroatoms. The van der Waals surface area contributed by atoms with E-state index < -0.39 is 23.0 Å². The van der Waals surface area contributed by atoms with E-state index in [4.69, 9.17) is 0 Å². The summed E-state index contributed by atoms with van der Waals surface area (Å²) < 4.78 is 26.5. The smallest absolute Gasteiger partial charge is 0.313 e. The molecule has 0 atom stereocenters. The van der Waals surface area contributed by atoms with Gasteiger partial charge in [0.2, 0.25) is 0 Å². The van der Waals surface area contributed by atoms with Crippen LogP contribution in [0.1, 0.15) is 28.0 Å². The van der Waals surface area contributed by atoms with Crippen molar-refractivity contribution in [3.63, 3.8) is 0 Å². The first-order valence-electron chi connectivity index (χ1n) is 6.19. The van der Waals surface area contributed by atoms with Crippen LogP contribution < -0.4 is 0 Å². The zero-order valence-corrected chi connectivity index (χ0v) is 11.7. The molecular formula is C13H10F2N4O4. The highest BCUT2D eigenvalue weighted by Crippen LogP contribution is 2.21. The lowest BCUT2D eigenvalue weighted by atomic mass is 10.2. The Morgan fingerprint density at radius 1 is 1.43 bits per heavy atom. The number of aromatic nitrogens is 2. The number of aryl methyl sites for hydroxylation is 1. The minimum Gasteiger partial charge on any atom is -0.313 e. The maximum Gasteiger partial charge on any atom is 0.369 e. The average Bonchev–Trinajstić information content (AvgIpc) is 2.90. The summed E-state index contributed by atoms with van der Waals surface area (Å²) in [5.74, 6) is -1.08. The van der Waals surface area contributed by atoms with Crippen molar-refractivity contribution in [3.05, 3.63) is 57.4 Å². The number of oxime groups is 1. The molecule has 0 unspecified atom stereocenters. The molecule has 0 saturated heterocycles. The van der Waals surface area contributed by atoms with E-state index in [0.29, 0.717) is 5.56 Å². The third kappa shape index (κ3) is 3.93. The average molecular weight is 324 g/mol. The zero-order chi connectivity index (χ0) is 17.0. The molecule has 0 amide bonds. The highest BCUT2D eigenvalue weighted by molar-refractivity contribution is 5.91. The maximum atomic E-state index is 12.7. The Morgan fingerprint density at radius 3 is 2.65 bits per heavy atom. The second kappa shape index (κ2) is 6.73. The van der Waals surface area contributed by atoms with E-state index in [1.807, 2.05) is 0 Å². The number of nitro groups is 1. The van der Waals surface area contributed by atoms with Gasteiger partial charge < -0.3 is 4.84 Å². The summed E-state index contributed by atoms with van der Waals surface area (Å²) in [7, 11) is 1.39. The Morgan fingerprint density at radius 2 is 2.09 bits per heavy atom. The fourth-order valence-corrected chi connectivity index (χ4v) is 1.69. The Balaban J connectivity index is 2.05. The standard InChI is InChI=1S/C13H10F2N4O4/c1-18-7-10(11(17-18)12(14)15)13(20)23-16-6-8-2-4-9(5-3-8)19(21)22/h2-7,12H,1H3/b16-6+. The SMILES string of the molecule is Cn1cc(C(=O)O/N=C/c2ccc([N+](=O)[O-])cc2)c(C(F)F)n1. The molecule has 2 rings (SSSR count). The Labute approximate surface area is 128 Å². The van der Waals surface area contributed by atoms with Crippen LogP contribution in [0.2, 0.25) is 0 Å². The molecule has 8 nitrogen and oxygen atoms in total. The summed E-state index contributed by atoms with van der Waals surface area (Å²) in [5.41, 5.74) is -0.744. The number of hydrogen-bond acceptors (Lipinski definition) is 6. The maximum absolute atomic E-state index is 12.7. The lowest BCUT2D eigenvalue weighted by Crippen LogP contribution is -2.04. The number of carbonyl (C=O) groups is 1. The zero-order valence-electron chi connectivity index (χ0n) is 11.7. The van der Waals surface area contributed by atoms with Gasteiger partial charge in [-0.05, 0) is 17.7 Å². The van der Waals surface area contributed by atoms with Crippen LogP contribution in [0.4, 0.5) is 14.5 Å². The van der Waals surface area contributed by atoms with Crippen molar-refractivity contribution in [2.24, 2.45) is 12.2 Å². The topological polar surface area (TPSA) is 99.6 Å². The van der Waals surface area contributed by atoms with Gasteiger partial charge in [-0.1, -0.05) is 5.16 Å². The minimum absolute atomic E-state index is 0.101. The van der Waals surface area contributed by atoms with E-state index in [1.54, 1.807) is 0 Å². The molecule has 0 aliphatic carbocycles.